The Morgan fingerprint density at radius 3 is 2.50 bits per heavy atom. The lowest BCUT2D eigenvalue weighted by atomic mass is 10.3. The molecule has 0 spiro atoms. The Bertz CT molecular complexity index is 134. The molecule has 1 amide bonds. The standard InChI is InChI=1S/C9H20N2O/c1-5-6-9(12)10-7-8(2)11(3)4/h8H,5-7H2,1-4H3,(H,10,12). The first kappa shape index (κ1) is 11.4. The summed E-state index contributed by atoms with van der Waals surface area (Å²) in [5.74, 6) is 0.159. The second-order valence-corrected chi connectivity index (χ2v) is 3.37. The van der Waals surface area contributed by atoms with Crippen molar-refractivity contribution in [3.05, 3.63) is 0 Å². The van der Waals surface area contributed by atoms with Crippen molar-refractivity contribution in [3.63, 3.8) is 0 Å². The molecule has 1 atom stereocenters. The largest absolute Gasteiger partial charge is 0.355 e. The first-order valence-corrected chi connectivity index (χ1v) is 4.51. The van der Waals surface area contributed by atoms with Crippen LogP contribution in [0.5, 0.6) is 0 Å². The minimum Gasteiger partial charge on any atom is -0.355 e. The molecule has 0 aliphatic heterocycles. The SMILES string of the molecule is CCCC(=O)NCC(C)N(C)C. The van der Waals surface area contributed by atoms with Crippen LogP contribution in [0.25, 0.3) is 0 Å². The first-order chi connectivity index (χ1) is 5.57. The molecule has 0 aromatic rings. The minimum atomic E-state index is 0.159. The number of nitrogens with one attached hydrogen (secondary N) is 1. The zero-order chi connectivity index (χ0) is 9.56. The Morgan fingerprint density at radius 2 is 2.08 bits per heavy atom. The quantitative estimate of drug-likeness (QED) is 0.667. The topological polar surface area (TPSA) is 32.3 Å². The van der Waals surface area contributed by atoms with Crippen molar-refractivity contribution in [1.82, 2.24) is 10.2 Å². The van der Waals surface area contributed by atoms with Crippen LogP contribution in [-0.4, -0.2) is 37.5 Å². The Morgan fingerprint density at radius 1 is 1.50 bits per heavy atom. The van der Waals surface area contributed by atoms with Gasteiger partial charge in [-0.15, -0.1) is 0 Å². The maximum absolute atomic E-state index is 11.0. The van der Waals surface area contributed by atoms with Gasteiger partial charge in [0.25, 0.3) is 0 Å². The van der Waals surface area contributed by atoms with Crippen LogP contribution in [0.15, 0.2) is 0 Å². The molecule has 0 heterocycles. The average Bonchev–Trinajstić information content (AvgIpc) is 2.00. The molecule has 1 unspecified atom stereocenters. The van der Waals surface area contributed by atoms with Crippen LogP contribution in [0, 0.1) is 0 Å². The van der Waals surface area contributed by atoms with Gasteiger partial charge in [-0.05, 0) is 27.4 Å². The molecular weight excluding hydrogens is 152 g/mol. The summed E-state index contributed by atoms with van der Waals surface area (Å²) >= 11 is 0. The minimum absolute atomic E-state index is 0.159. The number of rotatable bonds is 5. The van der Waals surface area contributed by atoms with Gasteiger partial charge in [0.2, 0.25) is 5.91 Å². The van der Waals surface area contributed by atoms with Crippen molar-refractivity contribution in [2.24, 2.45) is 0 Å². The average molecular weight is 172 g/mol. The van der Waals surface area contributed by atoms with Crippen LogP contribution < -0.4 is 5.32 Å². The molecule has 12 heavy (non-hydrogen) atoms. The Labute approximate surface area is 75.1 Å². The smallest absolute Gasteiger partial charge is 0.220 e. The van der Waals surface area contributed by atoms with Gasteiger partial charge in [-0.25, -0.2) is 0 Å². The monoisotopic (exact) mass is 172 g/mol. The number of carbonyl (C=O) groups excluding carboxylic acids is 1. The van der Waals surface area contributed by atoms with E-state index in [-0.39, 0.29) is 5.91 Å². The maximum Gasteiger partial charge on any atom is 0.220 e. The molecule has 3 heteroatoms. The number of hydrogen-bond acceptors (Lipinski definition) is 2. The fourth-order valence-electron chi connectivity index (χ4n) is 0.760. The lowest BCUT2D eigenvalue weighted by Gasteiger charge is -2.19. The van der Waals surface area contributed by atoms with Gasteiger partial charge in [0.1, 0.15) is 0 Å². The van der Waals surface area contributed by atoms with E-state index < -0.39 is 0 Å². The summed E-state index contributed by atoms with van der Waals surface area (Å²) in [4.78, 5) is 13.1. The number of hydrogen-bond donors (Lipinski definition) is 1. The van der Waals surface area contributed by atoms with Gasteiger partial charge < -0.3 is 10.2 Å². The second-order valence-electron chi connectivity index (χ2n) is 3.37. The Balaban J connectivity index is 3.47. The molecule has 1 N–H and O–H groups in total. The van der Waals surface area contributed by atoms with Crippen LogP contribution in [0.2, 0.25) is 0 Å². The predicted molar refractivity (Wildman–Crippen MR) is 51.1 cm³/mol. The third kappa shape index (κ3) is 5.13. The van der Waals surface area contributed by atoms with E-state index in [1.807, 2.05) is 21.0 Å². The Hall–Kier alpha value is -0.570. The van der Waals surface area contributed by atoms with E-state index in [4.69, 9.17) is 0 Å². The number of likely N-dealkylation sites (N-methyl/N-ethyl adjacent to an activating group) is 1. The third-order valence-electron chi connectivity index (χ3n) is 1.95. The second kappa shape index (κ2) is 6.00. The highest BCUT2D eigenvalue weighted by Gasteiger charge is 2.05. The molecule has 0 aliphatic rings. The van der Waals surface area contributed by atoms with E-state index in [0.29, 0.717) is 12.5 Å². The highest BCUT2D eigenvalue weighted by Crippen LogP contribution is 1.90. The van der Waals surface area contributed by atoms with Crippen LogP contribution in [-0.2, 0) is 4.79 Å². The molecule has 0 fully saturated rings. The van der Waals surface area contributed by atoms with Crippen molar-refractivity contribution in [3.8, 4) is 0 Å². The molecule has 0 saturated carbocycles. The molecule has 0 aromatic heterocycles. The van der Waals surface area contributed by atoms with Crippen LogP contribution >= 0.6 is 0 Å². The molecule has 72 valence electrons. The highest BCUT2D eigenvalue weighted by atomic mass is 16.1. The van der Waals surface area contributed by atoms with Crippen molar-refractivity contribution < 1.29 is 4.79 Å². The van der Waals surface area contributed by atoms with Gasteiger partial charge in [0.15, 0.2) is 0 Å². The number of amides is 1. The lowest BCUT2D eigenvalue weighted by Crippen LogP contribution is -2.38. The summed E-state index contributed by atoms with van der Waals surface area (Å²) in [6.45, 7) is 4.84. The molecular formula is C9H20N2O. The third-order valence-corrected chi connectivity index (χ3v) is 1.95. The van der Waals surface area contributed by atoms with Crippen LogP contribution in [0.4, 0.5) is 0 Å². The molecule has 3 nitrogen and oxygen atoms in total. The van der Waals surface area contributed by atoms with Gasteiger partial charge in [0, 0.05) is 19.0 Å². The zero-order valence-electron chi connectivity index (χ0n) is 8.55. The van der Waals surface area contributed by atoms with E-state index in [0.717, 1.165) is 13.0 Å². The van der Waals surface area contributed by atoms with Crippen molar-refractivity contribution in [1.29, 1.82) is 0 Å². The fraction of sp³-hybridized carbons (Fsp3) is 0.889. The molecule has 0 rings (SSSR count). The predicted octanol–water partition coefficient (Wildman–Crippen LogP) is 0.853. The Kier molecular flexibility index (Phi) is 5.72. The molecule has 0 saturated heterocycles. The first-order valence-electron chi connectivity index (χ1n) is 4.51. The number of nitrogens with zero attached hydrogens (tertiary/aromatic N) is 1. The highest BCUT2D eigenvalue weighted by molar-refractivity contribution is 5.75. The van der Waals surface area contributed by atoms with Crippen LogP contribution in [0.3, 0.4) is 0 Å². The van der Waals surface area contributed by atoms with Gasteiger partial charge >= 0.3 is 0 Å². The fourth-order valence-corrected chi connectivity index (χ4v) is 0.760. The van der Waals surface area contributed by atoms with Gasteiger partial charge in [-0.3, -0.25) is 4.79 Å². The maximum atomic E-state index is 11.0. The summed E-state index contributed by atoms with van der Waals surface area (Å²) in [6, 6.07) is 0.408. The summed E-state index contributed by atoms with van der Waals surface area (Å²) < 4.78 is 0. The zero-order valence-corrected chi connectivity index (χ0v) is 8.55. The normalized spacial score (nSPS) is 13.1. The molecule has 0 bridgehead atoms. The molecule has 0 radical (unpaired) electrons. The van der Waals surface area contributed by atoms with Gasteiger partial charge in [-0.1, -0.05) is 6.92 Å². The van der Waals surface area contributed by atoms with E-state index >= 15 is 0 Å². The van der Waals surface area contributed by atoms with Crippen molar-refractivity contribution in [2.45, 2.75) is 32.7 Å². The summed E-state index contributed by atoms with van der Waals surface area (Å²) in [6.07, 6.45) is 1.56. The summed E-state index contributed by atoms with van der Waals surface area (Å²) in [5.41, 5.74) is 0. The van der Waals surface area contributed by atoms with Gasteiger partial charge in [-0.2, -0.15) is 0 Å². The van der Waals surface area contributed by atoms with Gasteiger partial charge in [0.05, 0.1) is 0 Å². The molecule has 0 aliphatic carbocycles. The molecule has 0 aromatic carbocycles. The van der Waals surface area contributed by atoms with E-state index in [9.17, 15) is 4.79 Å². The summed E-state index contributed by atoms with van der Waals surface area (Å²) in [5, 5.41) is 2.88. The summed E-state index contributed by atoms with van der Waals surface area (Å²) in [7, 11) is 4.02. The van der Waals surface area contributed by atoms with E-state index in [1.54, 1.807) is 0 Å². The van der Waals surface area contributed by atoms with Crippen molar-refractivity contribution >= 4 is 5.91 Å². The number of carbonyl (C=O) groups is 1. The van der Waals surface area contributed by atoms with Crippen molar-refractivity contribution in [2.75, 3.05) is 20.6 Å². The van der Waals surface area contributed by atoms with E-state index in [1.165, 1.54) is 0 Å². The van der Waals surface area contributed by atoms with Crippen LogP contribution in [0.1, 0.15) is 26.7 Å². The lowest BCUT2D eigenvalue weighted by molar-refractivity contribution is -0.121. The van der Waals surface area contributed by atoms with E-state index in [2.05, 4.69) is 17.1 Å².